The Morgan fingerprint density at radius 1 is 1.24 bits per heavy atom. The first-order valence-corrected chi connectivity index (χ1v) is 5.52. The highest BCUT2D eigenvalue weighted by molar-refractivity contribution is 5.87. The van der Waals surface area contributed by atoms with Crippen molar-refractivity contribution in [2.75, 3.05) is 5.73 Å². The molecule has 0 saturated carbocycles. The molecule has 0 bridgehead atoms. The summed E-state index contributed by atoms with van der Waals surface area (Å²) in [7, 11) is 2.05. The molecule has 2 aromatic heterocycles. The second-order valence-corrected chi connectivity index (χ2v) is 4.36. The predicted molar refractivity (Wildman–Crippen MR) is 69.7 cm³/mol. The summed E-state index contributed by atoms with van der Waals surface area (Å²) in [6, 6.07) is 10.4. The zero-order valence-electron chi connectivity index (χ0n) is 9.86. The number of nitrogen functional groups attached to an aromatic ring is 1. The van der Waals surface area contributed by atoms with E-state index < -0.39 is 0 Å². The molecular weight excluding hydrogens is 212 g/mol. The van der Waals surface area contributed by atoms with Gasteiger partial charge in [-0.2, -0.15) is 5.10 Å². The number of H-pyrrole nitrogens is 1. The molecule has 3 N–H and O–H groups in total. The molecule has 4 heteroatoms. The summed E-state index contributed by atoms with van der Waals surface area (Å²) >= 11 is 0. The molecule has 4 nitrogen and oxygen atoms in total. The third-order valence-electron chi connectivity index (χ3n) is 3.07. The maximum Gasteiger partial charge on any atom is 0.145 e. The third-order valence-corrected chi connectivity index (χ3v) is 3.07. The van der Waals surface area contributed by atoms with E-state index in [1.807, 2.05) is 13.1 Å². The number of aryl methyl sites for hydroxylation is 2. The first-order chi connectivity index (χ1) is 8.15. The van der Waals surface area contributed by atoms with Gasteiger partial charge in [-0.3, -0.25) is 5.10 Å². The summed E-state index contributed by atoms with van der Waals surface area (Å²) in [6.45, 7) is 2.10. The number of nitrogens with two attached hydrogens (primary N) is 1. The first-order valence-electron chi connectivity index (χ1n) is 5.52. The van der Waals surface area contributed by atoms with E-state index >= 15 is 0 Å². The van der Waals surface area contributed by atoms with E-state index in [0.717, 1.165) is 11.4 Å². The Bertz CT molecular complexity index is 691. The summed E-state index contributed by atoms with van der Waals surface area (Å²) < 4.78 is 2.15. The third kappa shape index (κ3) is 1.49. The topological polar surface area (TPSA) is 59.6 Å². The Morgan fingerprint density at radius 3 is 2.76 bits per heavy atom. The highest BCUT2D eigenvalue weighted by atomic mass is 15.2. The quantitative estimate of drug-likeness (QED) is 0.669. The Kier molecular flexibility index (Phi) is 1.98. The maximum absolute atomic E-state index is 5.63. The van der Waals surface area contributed by atoms with Crippen LogP contribution in [0.4, 0.5) is 5.82 Å². The first kappa shape index (κ1) is 9.96. The van der Waals surface area contributed by atoms with Crippen LogP contribution in [0.25, 0.3) is 22.3 Å². The molecule has 0 aliphatic heterocycles. The summed E-state index contributed by atoms with van der Waals surface area (Å²) in [5.74, 6) is 0.515. The van der Waals surface area contributed by atoms with Crippen LogP contribution in [0.2, 0.25) is 0 Å². The van der Waals surface area contributed by atoms with Gasteiger partial charge in [0.15, 0.2) is 0 Å². The van der Waals surface area contributed by atoms with Gasteiger partial charge in [-0.15, -0.1) is 0 Å². The van der Waals surface area contributed by atoms with Crippen molar-refractivity contribution in [3.8, 4) is 11.4 Å². The number of nitrogens with one attached hydrogen (secondary N) is 1. The Labute approximate surface area is 99.1 Å². The van der Waals surface area contributed by atoms with Crippen LogP contribution in [0.1, 0.15) is 5.56 Å². The van der Waals surface area contributed by atoms with Gasteiger partial charge in [0.25, 0.3) is 0 Å². The van der Waals surface area contributed by atoms with E-state index in [-0.39, 0.29) is 0 Å². The number of hydrogen-bond donors (Lipinski definition) is 2. The van der Waals surface area contributed by atoms with Crippen molar-refractivity contribution in [2.24, 2.45) is 7.05 Å². The molecule has 86 valence electrons. The molecule has 0 amide bonds. The van der Waals surface area contributed by atoms with E-state index in [1.54, 1.807) is 0 Å². The second kappa shape index (κ2) is 3.38. The maximum atomic E-state index is 5.63. The number of rotatable bonds is 1. The summed E-state index contributed by atoms with van der Waals surface area (Å²) in [5.41, 5.74) is 10.1. The van der Waals surface area contributed by atoms with Crippen molar-refractivity contribution in [1.82, 2.24) is 14.8 Å². The Balaban J connectivity index is 2.27. The van der Waals surface area contributed by atoms with Crippen LogP contribution in [-0.4, -0.2) is 14.8 Å². The minimum Gasteiger partial charge on any atom is -0.382 e. The molecule has 0 radical (unpaired) electrons. The van der Waals surface area contributed by atoms with E-state index in [0.29, 0.717) is 5.82 Å². The zero-order chi connectivity index (χ0) is 12.0. The molecule has 17 heavy (non-hydrogen) atoms. The smallest absolute Gasteiger partial charge is 0.145 e. The van der Waals surface area contributed by atoms with Crippen LogP contribution in [-0.2, 0) is 7.05 Å². The monoisotopic (exact) mass is 226 g/mol. The van der Waals surface area contributed by atoms with E-state index in [2.05, 4.69) is 46.0 Å². The van der Waals surface area contributed by atoms with Crippen LogP contribution in [0.5, 0.6) is 0 Å². The molecule has 2 heterocycles. The highest BCUT2D eigenvalue weighted by Crippen LogP contribution is 2.27. The highest BCUT2D eigenvalue weighted by Gasteiger charge is 2.09. The summed E-state index contributed by atoms with van der Waals surface area (Å²) in [5, 5.41) is 8.13. The summed E-state index contributed by atoms with van der Waals surface area (Å²) in [6.07, 6.45) is 0. The number of anilines is 1. The molecule has 3 aromatic rings. The average Bonchev–Trinajstić information content (AvgIpc) is 2.84. The molecule has 0 aliphatic carbocycles. The normalized spacial score (nSPS) is 11.2. The van der Waals surface area contributed by atoms with Crippen molar-refractivity contribution in [1.29, 1.82) is 0 Å². The lowest BCUT2D eigenvalue weighted by atomic mass is 10.2. The molecule has 1 aromatic carbocycles. The fraction of sp³-hybridized carbons (Fsp3) is 0.154. The predicted octanol–water partition coefficient (Wildman–Crippen LogP) is 2.46. The Hall–Kier alpha value is -2.23. The fourth-order valence-corrected chi connectivity index (χ4v) is 2.17. The molecule has 0 unspecified atom stereocenters. The molecule has 0 atom stereocenters. The van der Waals surface area contributed by atoms with Gasteiger partial charge < -0.3 is 10.3 Å². The van der Waals surface area contributed by atoms with Crippen LogP contribution in [0, 0.1) is 6.92 Å². The van der Waals surface area contributed by atoms with Crippen LogP contribution >= 0.6 is 0 Å². The van der Waals surface area contributed by atoms with E-state index in [9.17, 15) is 0 Å². The molecule has 0 fully saturated rings. The van der Waals surface area contributed by atoms with Gasteiger partial charge in [-0.05, 0) is 24.6 Å². The molecule has 3 rings (SSSR count). The largest absolute Gasteiger partial charge is 0.382 e. The lowest BCUT2D eigenvalue weighted by Gasteiger charge is -2.01. The van der Waals surface area contributed by atoms with E-state index in [4.69, 9.17) is 5.73 Å². The molecule has 0 saturated heterocycles. The minimum absolute atomic E-state index is 0.515. The van der Waals surface area contributed by atoms with Gasteiger partial charge in [0.1, 0.15) is 5.82 Å². The molecule has 0 aliphatic rings. The lowest BCUT2D eigenvalue weighted by molar-refractivity contribution is 0.963. The standard InChI is InChI=1S/C13H14N4/c1-8-3-4-9-6-12(17(2)11(9)5-8)10-7-13(14)16-15-10/h3-7H,1-2H3,(H3,14,15,16). The van der Waals surface area contributed by atoms with E-state index in [1.165, 1.54) is 16.5 Å². The second-order valence-electron chi connectivity index (χ2n) is 4.36. The van der Waals surface area contributed by atoms with Gasteiger partial charge in [0.2, 0.25) is 0 Å². The zero-order valence-corrected chi connectivity index (χ0v) is 9.86. The van der Waals surface area contributed by atoms with Gasteiger partial charge >= 0.3 is 0 Å². The molecular formula is C13H14N4. The van der Waals surface area contributed by atoms with Crippen molar-refractivity contribution in [2.45, 2.75) is 6.92 Å². The number of nitrogens with zero attached hydrogens (tertiary/aromatic N) is 2. The Morgan fingerprint density at radius 2 is 2.06 bits per heavy atom. The van der Waals surface area contributed by atoms with Crippen molar-refractivity contribution in [3.63, 3.8) is 0 Å². The van der Waals surface area contributed by atoms with Crippen LogP contribution in [0.3, 0.4) is 0 Å². The van der Waals surface area contributed by atoms with Crippen LogP contribution < -0.4 is 5.73 Å². The van der Waals surface area contributed by atoms with Gasteiger partial charge in [0, 0.05) is 24.0 Å². The fourth-order valence-electron chi connectivity index (χ4n) is 2.17. The minimum atomic E-state index is 0.515. The van der Waals surface area contributed by atoms with Crippen molar-refractivity contribution < 1.29 is 0 Å². The number of hydrogen-bond acceptors (Lipinski definition) is 2. The van der Waals surface area contributed by atoms with Crippen LogP contribution in [0.15, 0.2) is 30.3 Å². The van der Waals surface area contributed by atoms with Crippen molar-refractivity contribution >= 4 is 16.7 Å². The number of fused-ring (bicyclic) bond motifs is 1. The van der Waals surface area contributed by atoms with Gasteiger partial charge in [0.05, 0.1) is 11.4 Å². The SMILES string of the molecule is Cc1ccc2cc(-c3cc(N)n[nH]3)n(C)c2c1. The lowest BCUT2D eigenvalue weighted by Crippen LogP contribution is -1.91. The number of aromatic amines is 1. The summed E-state index contributed by atoms with van der Waals surface area (Å²) in [4.78, 5) is 0. The number of aromatic nitrogens is 3. The number of benzene rings is 1. The average molecular weight is 226 g/mol. The van der Waals surface area contributed by atoms with Crippen molar-refractivity contribution in [3.05, 3.63) is 35.9 Å². The van der Waals surface area contributed by atoms with Gasteiger partial charge in [-0.25, -0.2) is 0 Å². The molecule has 0 spiro atoms. The van der Waals surface area contributed by atoms with Gasteiger partial charge in [-0.1, -0.05) is 12.1 Å².